The second kappa shape index (κ2) is 2.92. The Labute approximate surface area is 46.7 Å². The molecule has 44 valence electrons. The van der Waals surface area contributed by atoms with Gasteiger partial charge in [0, 0.05) is 9.47 Å². The summed E-state index contributed by atoms with van der Waals surface area (Å²) in [7, 11) is -1.77. The Morgan fingerprint density at radius 3 is 2.29 bits per heavy atom. The monoisotopic (exact) mass is 160 g/mol. The van der Waals surface area contributed by atoms with Gasteiger partial charge in [0.2, 0.25) is 0 Å². The molecule has 0 aromatic rings. The molecule has 0 rings (SSSR count). The summed E-state index contributed by atoms with van der Waals surface area (Å²) in [4.78, 5) is 8.26. The van der Waals surface area contributed by atoms with Crippen LogP contribution in [0.25, 0.3) is 0 Å². The van der Waals surface area contributed by atoms with Crippen LogP contribution in [0.5, 0.6) is 0 Å². The highest BCUT2D eigenvalue weighted by atomic mass is 31.2. The summed E-state index contributed by atoms with van der Waals surface area (Å²) in [5.41, 5.74) is 0. The van der Waals surface area contributed by atoms with Gasteiger partial charge in [-0.3, -0.25) is 4.31 Å². The Hall–Kier alpha value is 0.757. The van der Waals surface area contributed by atoms with Crippen molar-refractivity contribution in [2.24, 2.45) is 0 Å². The highest BCUT2D eigenvalue weighted by Gasteiger charge is 2.12. The van der Waals surface area contributed by atoms with Crippen molar-refractivity contribution in [1.29, 1.82) is 0 Å². The Morgan fingerprint density at radius 2 is 2.29 bits per heavy atom. The average Bonchev–Trinajstić information content (AvgIpc) is 1.68. The first-order valence-corrected chi connectivity index (χ1v) is 4.18. The van der Waals surface area contributed by atoms with Crippen LogP contribution < -0.4 is 0 Å². The molecule has 2 atom stereocenters. The molecule has 0 amide bonds. The minimum atomic E-state index is -3.63. The van der Waals surface area contributed by atoms with Crippen LogP contribution in [0.15, 0.2) is 0 Å². The van der Waals surface area contributed by atoms with Crippen LogP contribution in [0.2, 0.25) is 0 Å². The predicted molar refractivity (Wildman–Crippen MR) is 31.6 cm³/mol. The van der Waals surface area contributed by atoms with Gasteiger partial charge in [-0.05, 0) is 0 Å². The molecule has 0 heterocycles. The lowest BCUT2D eigenvalue weighted by Crippen LogP contribution is -1.80. The zero-order valence-corrected chi connectivity index (χ0v) is 7.75. The summed E-state index contributed by atoms with van der Waals surface area (Å²) in [6, 6.07) is 0. The quantitative estimate of drug-likeness (QED) is 0.424. The Bertz CT molecular complexity index is 81.7. The van der Waals surface area contributed by atoms with E-state index in [1.54, 1.807) is 9.47 Å². The van der Waals surface area contributed by atoms with Crippen molar-refractivity contribution < 1.29 is 18.0 Å². The largest absolute Gasteiger partial charge is 0.464 e. The molecule has 7 heteroatoms. The number of hydrogen-bond donors (Lipinski definition) is 1. The summed E-state index contributed by atoms with van der Waals surface area (Å²) in [5.74, 6) is 0. The number of phosphoric acid groups is 1. The lowest BCUT2D eigenvalue weighted by atomic mass is 15.7. The fourth-order valence-electron chi connectivity index (χ4n) is 0.0430. The van der Waals surface area contributed by atoms with Crippen molar-refractivity contribution in [3.8, 4) is 0 Å². The molecule has 2 unspecified atom stereocenters. The summed E-state index contributed by atoms with van der Waals surface area (Å²) in [5, 5.41) is 0. The fourth-order valence-corrected chi connectivity index (χ4v) is 1.16. The lowest BCUT2D eigenvalue weighted by Gasteiger charge is -2.02. The standard InChI is InChI=1S/H6O4P2Si/c1-6(2,3-5)4-7/h5H2,7H3,(H,1,2). The molecule has 0 spiro atoms. The van der Waals surface area contributed by atoms with E-state index in [9.17, 15) is 4.57 Å². The molecular formula is H6O4P2Si. The van der Waals surface area contributed by atoms with E-state index in [4.69, 9.17) is 4.89 Å². The third-order valence-corrected chi connectivity index (χ3v) is 3.28. The van der Waals surface area contributed by atoms with Crippen LogP contribution in [-0.2, 0) is 13.1 Å². The van der Waals surface area contributed by atoms with Crippen molar-refractivity contribution in [1.82, 2.24) is 0 Å². The highest BCUT2D eigenvalue weighted by molar-refractivity contribution is 7.52. The van der Waals surface area contributed by atoms with Gasteiger partial charge in [-0.25, -0.2) is 4.57 Å². The minimum absolute atomic E-state index is 0.206. The minimum Gasteiger partial charge on any atom is -0.341 e. The topological polar surface area (TPSA) is 55.8 Å². The van der Waals surface area contributed by atoms with Gasteiger partial charge in [-0.15, -0.1) is 0 Å². The van der Waals surface area contributed by atoms with Gasteiger partial charge >= 0.3 is 7.82 Å². The average molecular weight is 160 g/mol. The molecule has 0 fully saturated rings. The third kappa shape index (κ3) is 3.35. The smallest absolute Gasteiger partial charge is 0.341 e. The molecule has 0 saturated carbocycles. The molecule has 4 nitrogen and oxygen atoms in total. The van der Waals surface area contributed by atoms with Crippen molar-refractivity contribution in [3.63, 3.8) is 0 Å². The van der Waals surface area contributed by atoms with Crippen LogP contribution in [0.4, 0.5) is 0 Å². The first kappa shape index (κ1) is 7.76. The maximum absolute atomic E-state index is 10.1. The van der Waals surface area contributed by atoms with Crippen LogP contribution >= 0.6 is 17.3 Å². The molecule has 0 bridgehead atoms. The summed E-state index contributed by atoms with van der Waals surface area (Å²) < 4.78 is 18.1. The molecule has 0 aliphatic carbocycles. The highest BCUT2D eigenvalue weighted by Crippen LogP contribution is 2.43. The maximum Gasteiger partial charge on any atom is 0.464 e. The molecular weight excluding hydrogens is 154 g/mol. The predicted octanol–water partition coefficient (Wildman–Crippen LogP) is -0.810. The fraction of sp³-hybridized carbons (Fsp3) is 0. The summed E-state index contributed by atoms with van der Waals surface area (Å²) in [6.07, 6.45) is 0. The summed E-state index contributed by atoms with van der Waals surface area (Å²) >= 11 is 0. The SMILES string of the molecule is O=P(O)(O[SiH3])OP. The Kier molecular flexibility index (Phi) is 3.24. The maximum atomic E-state index is 10.1. The molecule has 0 aliphatic heterocycles. The van der Waals surface area contributed by atoms with E-state index in [2.05, 4.69) is 8.52 Å². The van der Waals surface area contributed by atoms with Crippen LogP contribution in [0.3, 0.4) is 0 Å². The van der Waals surface area contributed by atoms with E-state index < -0.39 is 7.82 Å². The van der Waals surface area contributed by atoms with E-state index >= 15 is 0 Å². The first-order chi connectivity index (χ1) is 3.12. The van der Waals surface area contributed by atoms with E-state index in [1.807, 2.05) is 0 Å². The molecule has 0 saturated heterocycles. The van der Waals surface area contributed by atoms with Gasteiger partial charge in [-0.1, -0.05) is 0 Å². The van der Waals surface area contributed by atoms with Crippen molar-refractivity contribution in [2.75, 3.05) is 0 Å². The first-order valence-electron chi connectivity index (χ1n) is 1.39. The second-order valence-electron chi connectivity index (χ2n) is 0.757. The van der Waals surface area contributed by atoms with Gasteiger partial charge < -0.3 is 9.11 Å². The van der Waals surface area contributed by atoms with Crippen molar-refractivity contribution in [3.05, 3.63) is 0 Å². The molecule has 0 radical (unpaired) electrons. The zero-order chi connectivity index (χ0) is 5.91. The second-order valence-corrected chi connectivity index (χ2v) is 4.00. The molecule has 7 heavy (non-hydrogen) atoms. The van der Waals surface area contributed by atoms with Crippen molar-refractivity contribution in [2.45, 2.75) is 0 Å². The van der Waals surface area contributed by atoms with E-state index in [-0.39, 0.29) is 10.5 Å². The van der Waals surface area contributed by atoms with Crippen LogP contribution in [0, 0.1) is 0 Å². The zero-order valence-electron chi connectivity index (χ0n) is 3.70. The van der Waals surface area contributed by atoms with E-state index in [0.29, 0.717) is 0 Å². The summed E-state index contributed by atoms with van der Waals surface area (Å²) in [6.45, 7) is 0. The lowest BCUT2D eigenvalue weighted by molar-refractivity contribution is 0.315. The van der Waals surface area contributed by atoms with Gasteiger partial charge in [0.05, 0.1) is 0 Å². The van der Waals surface area contributed by atoms with Crippen LogP contribution in [0.1, 0.15) is 0 Å². The molecule has 0 aliphatic rings. The Balaban J connectivity index is 3.61. The number of rotatable bonds is 2. The number of hydrogen-bond acceptors (Lipinski definition) is 3. The molecule has 1 N–H and O–H groups in total. The van der Waals surface area contributed by atoms with Crippen LogP contribution in [-0.4, -0.2) is 15.4 Å². The van der Waals surface area contributed by atoms with E-state index in [0.717, 1.165) is 0 Å². The third-order valence-electron chi connectivity index (χ3n) is 0.364. The van der Waals surface area contributed by atoms with Crippen molar-refractivity contribution >= 4 is 27.8 Å². The Morgan fingerprint density at radius 1 is 1.86 bits per heavy atom. The van der Waals surface area contributed by atoms with E-state index in [1.165, 1.54) is 0 Å². The van der Waals surface area contributed by atoms with Gasteiger partial charge in [0.15, 0.2) is 10.5 Å². The molecule has 0 aromatic carbocycles. The van der Waals surface area contributed by atoms with Gasteiger partial charge in [-0.2, -0.15) is 0 Å². The molecule has 0 aromatic heterocycles. The normalized spacial score (nSPS) is 19.1. The van der Waals surface area contributed by atoms with Gasteiger partial charge in [0.1, 0.15) is 0 Å². The van der Waals surface area contributed by atoms with Gasteiger partial charge in [0.25, 0.3) is 0 Å².